The van der Waals surface area contributed by atoms with Gasteiger partial charge in [-0.3, -0.25) is 4.79 Å². The number of nitrogens with one attached hydrogen (secondary N) is 1. The van der Waals surface area contributed by atoms with E-state index in [2.05, 4.69) is 17.4 Å². The van der Waals surface area contributed by atoms with Crippen LogP contribution in [0.2, 0.25) is 0 Å². The van der Waals surface area contributed by atoms with E-state index in [0.29, 0.717) is 12.8 Å². The van der Waals surface area contributed by atoms with E-state index in [1.165, 1.54) is 5.56 Å². The molecule has 0 aliphatic rings. The second-order valence-electron chi connectivity index (χ2n) is 5.07. The summed E-state index contributed by atoms with van der Waals surface area (Å²) in [5, 5.41) is 3.03. The van der Waals surface area contributed by atoms with E-state index < -0.39 is 0 Å². The Morgan fingerprint density at radius 3 is 2.65 bits per heavy atom. The van der Waals surface area contributed by atoms with Crippen LogP contribution in [-0.4, -0.2) is 11.9 Å². The summed E-state index contributed by atoms with van der Waals surface area (Å²) < 4.78 is 5.21. The van der Waals surface area contributed by atoms with E-state index in [1.807, 2.05) is 37.3 Å². The van der Waals surface area contributed by atoms with Gasteiger partial charge in [-0.15, -0.1) is 0 Å². The molecule has 0 fully saturated rings. The van der Waals surface area contributed by atoms with E-state index in [9.17, 15) is 4.79 Å². The molecule has 3 heteroatoms. The Hall–Kier alpha value is -2.03. The normalized spacial score (nSPS) is 12.1. The van der Waals surface area contributed by atoms with Crippen LogP contribution in [0.1, 0.15) is 31.1 Å². The van der Waals surface area contributed by atoms with Gasteiger partial charge in [-0.25, -0.2) is 0 Å². The molecule has 0 aliphatic heterocycles. The smallest absolute Gasteiger partial charge is 0.220 e. The molecule has 0 radical (unpaired) electrons. The van der Waals surface area contributed by atoms with Crippen molar-refractivity contribution in [3.8, 4) is 0 Å². The number of hydrogen-bond donors (Lipinski definition) is 1. The van der Waals surface area contributed by atoms with Crippen molar-refractivity contribution in [2.45, 2.75) is 38.6 Å². The molecule has 0 saturated carbocycles. The lowest BCUT2D eigenvalue weighted by atomic mass is 10.1. The Balaban J connectivity index is 1.66. The molecule has 0 aliphatic carbocycles. The molecule has 20 heavy (non-hydrogen) atoms. The molecule has 1 N–H and O–H groups in total. The first-order valence-electron chi connectivity index (χ1n) is 7.09. The Kier molecular flexibility index (Phi) is 5.42. The van der Waals surface area contributed by atoms with E-state index in [4.69, 9.17) is 4.42 Å². The zero-order valence-corrected chi connectivity index (χ0v) is 11.8. The summed E-state index contributed by atoms with van der Waals surface area (Å²) in [6.07, 6.45) is 4.71. The lowest BCUT2D eigenvalue weighted by molar-refractivity contribution is -0.121. The van der Waals surface area contributed by atoms with Crippen LogP contribution in [0.3, 0.4) is 0 Å². The molecule has 0 saturated heterocycles. The second kappa shape index (κ2) is 7.53. The van der Waals surface area contributed by atoms with E-state index in [0.717, 1.165) is 18.6 Å². The number of hydrogen-bond acceptors (Lipinski definition) is 2. The van der Waals surface area contributed by atoms with Crippen LogP contribution in [0.25, 0.3) is 0 Å². The van der Waals surface area contributed by atoms with Crippen molar-refractivity contribution in [1.82, 2.24) is 5.32 Å². The minimum atomic E-state index is 0.0851. The zero-order chi connectivity index (χ0) is 14.2. The van der Waals surface area contributed by atoms with Gasteiger partial charge < -0.3 is 9.73 Å². The molecule has 2 rings (SSSR count). The molecule has 1 amide bonds. The number of carbonyl (C=O) groups is 1. The fourth-order valence-corrected chi connectivity index (χ4v) is 2.14. The molecule has 0 unspecified atom stereocenters. The van der Waals surface area contributed by atoms with Gasteiger partial charge in [-0.1, -0.05) is 30.3 Å². The maximum atomic E-state index is 11.8. The first-order chi connectivity index (χ1) is 9.74. The van der Waals surface area contributed by atoms with Crippen LogP contribution in [0.15, 0.2) is 53.1 Å². The Morgan fingerprint density at radius 2 is 1.95 bits per heavy atom. The topological polar surface area (TPSA) is 42.2 Å². The van der Waals surface area contributed by atoms with Crippen molar-refractivity contribution in [2.24, 2.45) is 0 Å². The van der Waals surface area contributed by atoms with Gasteiger partial charge in [0.1, 0.15) is 5.76 Å². The van der Waals surface area contributed by atoms with Crippen molar-refractivity contribution in [3.63, 3.8) is 0 Å². The van der Waals surface area contributed by atoms with Crippen molar-refractivity contribution in [1.29, 1.82) is 0 Å². The highest BCUT2D eigenvalue weighted by Crippen LogP contribution is 2.06. The average molecular weight is 271 g/mol. The number of rotatable bonds is 7. The maximum Gasteiger partial charge on any atom is 0.220 e. The Labute approximate surface area is 120 Å². The van der Waals surface area contributed by atoms with Crippen molar-refractivity contribution in [2.75, 3.05) is 0 Å². The van der Waals surface area contributed by atoms with Crippen molar-refractivity contribution >= 4 is 5.91 Å². The molecular formula is C17H21NO2. The fraction of sp³-hybridized carbons (Fsp3) is 0.353. The van der Waals surface area contributed by atoms with Crippen molar-refractivity contribution < 1.29 is 9.21 Å². The number of benzene rings is 1. The van der Waals surface area contributed by atoms with Crippen molar-refractivity contribution in [3.05, 3.63) is 60.1 Å². The van der Waals surface area contributed by atoms with Gasteiger partial charge >= 0.3 is 0 Å². The number of carbonyl (C=O) groups excluding carboxylic acids is 1. The third kappa shape index (κ3) is 4.92. The highest BCUT2D eigenvalue weighted by atomic mass is 16.3. The molecule has 1 aromatic carbocycles. The molecule has 1 heterocycles. The molecule has 2 aromatic rings. The van der Waals surface area contributed by atoms with Gasteiger partial charge in [-0.05, 0) is 37.5 Å². The molecule has 1 atom stereocenters. The Morgan fingerprint density at radius 1 is 1.15 bits per heavy atom. The Bertz CT molecular complexity index is 505. The van der Waals surface area contributed by atoms with Crippen LogP contribution in [0, 0.1) is 0 Å². The average Bonchev–Trinajstić information content (AvgIpc) is 2.97. The predicted octanol–water partition coefficient (Wildman–Crippen LogP) is 3.35. The summed E-state index contributed by atoms with van der Waals surface area (Å²) in [4.78, 5) is 11.8. The largest absolute Gasteiger partial charge is 0.469 e. The summed E-state index contributed by atoms with van der Waals surface area (Å²) in [5.74, 6) is 0.944. The molecule has 106 valence electrons. The molecule has 3 nitrogen and oxygen atoms in total. The quantitative estimate of drug-likeness (QED) is 0.839. The van der Waals surface area contributed by atoms with Crippen LogP contribution in [0.4, 0.5) is 0 Å². The maximum absolute atomic E-state index is 11.8. The highest BCUT2D eigenvalue weighted by Gasteiger charge is 2.08. The third-order valence-corrected chi connectivity index (χ3v) is 3.29. The summed E-state index contributed by atoms with van der Waals surface area (Å²) >= 11 is 0. The first kappa shape index (κ1) is 14.4. The van der Waals surface area contributed by atoms with Crippen LogP contribution in [-0.2, 0) is 17.6 Å². The summed E-state index contributed by atoms with van der Waals surface area (Å²) in [7, 11) is 0. The molecule has 0 spiro atoms. The van der Waals surface area contributed by atoms with Gasteiger partial charge in [0.25, 0.3) is 0 Å². The number of aryl methyl sites for hydroxylation is 2. The third-order valence-electron chi connectivity index (χ3n) is 3.29. The first-order valence-corrected chi connectivity index (χ1v) is 7.09. The van der Waals surface area contributed by atoms with Crippen LogP contribution >= 0.6 is 0 Å². The highest BCUT2D eigenvalue weighted by molar-refractivity contribution is 5.76. The van der Waals surface area contributed by atoms with Gasteiger partial charge in [0, 0.05) is 18.9 Å². The second-order valence-corrected chi connectivity index (χ2v) is 5.07. The van der Waals surface area contributed by atoms with Gasteiger partial charge in [0.2, 0.25) is 5.91 Å². The molecule has 1 aromatic heterocycles. The number of amides is 1. The van der Waals surface area contributed by atoms with Gasteiger partial charge in [-0.2, -0.15) is 0 Å². The number of furan rings is 1. The van der Waals surface area contributed by atoms with E-state index in [-0.39, 0.29) is 11.9 Å². The van der Waals surface area contributed by atoms with Gasteiger partial charge in [0.15, 0.2) is 0 Å². The minimum absolute atomic E-state index is 0.0851. The summed E-state index contributed by atoms with van der Waals surface area (Å²) in [5.41, 5.74) is 1.31. The monoisotopic (exact) mass is 271 g/mol. The predicted molar refractivity (Wildman–Crippen MR) is 79.4 cm³/mol. The van der Waals surface area contributed by atoms with Crippen LogP contribution < -0.4 is 5.32 Å². The molecular weight excluding hydrogens is 250 g/mol. The van der Waals surface area contributed by atoms with E-state index in [1.54, 1.807) is 6.26 Å². The molecule has 0 bridgehead atoms. The SMILES string of the molecule is C[C@@H](CCc1ccccc1)NC(=O)CCc1ccco1. The summed E-state index contributed by atoms with van der Waals surface area (Å²) in [6.45, 7) is 2.05. The summed E-state index contributed by atoms with van der Waals surface area (Å²) in [6, 6.07) is 14.3. The lowest BCUT2D eigenvalue weighted by Crippen LogP contribution is -2.33. The lowest BCUT2D eigenvalue weighted by Gasteiger charge is -2.13. The fourth-order valence-electron chi connectivity index (χ4n) is 2.14. The van der Waals surface area contributed by atoms with E-state index >= 15 is 0 Å². The zero-order valence-electron chi connectivity index (χ0n) is 11.8. The minimum Gasteiger partial charge on any atom is -0.469 e. The van der Waals surface area contributed by atoms with Gasteiger partial charge in [0.05, 0.1) is 6.26 Å². The van der Waals surface area contributed by atoms with Crippen LogP contribution in [0.5, 0.6) is 0 Å². The standard InChI is InChI=1S/C17H21NO2/c1-14(9-10-15-6-3-2-4-7-15)18-17(19)12-11-16-8-5-13-20-16/h2-8,13-14H,9-12H2,1H3,(H,18,19)/t14-/m0/s1.